The number of rotatable bonds is 3. The van der Waals surface area contributed by atoms with E-state index in [4.69, 9.17) is 4.98 Å². The van der Waals surface area contributed by atoms with E-state index in [1.54, 1.807) is 11.3 Å². The zero-order valence-corrected chi connectivity index (χ0v) is 17.0. The number of anilines is 1. The molecule has 0 saturated carbocycles. The number of carbonyl (C=O) groups is 1. The highest BCUT2D eigenvalue weighted by atomic mass is 32.1. The molecule has 1 saturated heterocycles. The van der Waals surface area contributed by atoms with E-state index < -0.39 is 0 Å². The summed E-state index contributed by atoms with van der Waals surface area (Å²) in [5.74, 6) is 0.213. The molecule has 0 aliphatic carbocycles. The van der Waals surface area contributed by atoms with Crippen LogP contribution in [0.1, 0.15) is 42.8 Å². The zero-order valence-electron chi connectivity index (χ0n) is 16.2. The second-order valence-electron chi connectivity index (χ2n) is 7.95. The van der Waals surface area contributed by atoms with Crippen LogP contribution < -0.4 is 4.90 Å². The number of hydrogen-bond donors (Lipinski definition) is 0. The summed E-state index contributed by atoms with van der Waals surface area (Å²) in [5.41, 5.74) is 3.44. The zero-order chi connectivity index (χ0) is 19.1. The van der Waals surface area contributed by atoms with Gasteiger partial charge in [-0.1, -0.05) is 36.8 Å². The van der Waals surface area contributed by atoms with E-state index >= 15 is 0 Å². The van der Waals surface area contributed by atoms with Crippen LogP contribution in [0.3, 0.4) is 0 Å². The predicted octanol–water partition coefficient (Wildman–Crippen LogP) is 4.80. The van der Waals surface area contributed by atoms with Crippen LogP contribution in [0, 0.1) is 0 Å². The molecule has 2 aliphatic rings. The first kappa shape index (κ1) is 17.8. The van der Waals surface area contributed by atoms with Crippen molar-refractivity contribution in [3.63, 3.8) is 0 Å². The van der Waals surface area contributed by atoms with Gasteiger partial charge in [-0.15, -0.1) is 11.3 Å². The summed E-state index contributed by atoms with van der Waals surface area (Å²) in [4.78, 5) is 22.6. The Hall–Kier alpha value is -2.24. The molecule has 2 unspecified atom stereocenters. The maximum absolute atomic E-state index is 13.3. The van der Waals surface area contributed by atoms with Crippen LogP contribution in [0.4, 0.5) is 5.69 Å². The highest BCUT2D eigenvalue weighted by molar-refractivity contribution is 7.18. The van der Waals surface area contributed by atoms with Gasteiger partial charge in [0.25, 0.3) is 0 Å². The van der Waals surface area contributed by atoms with Crippen LogP contribution in [0.2, 0.25) is 0 Å². The first-order valence-corrected chi connectivity index (χ1v) is 11.0. The second-order valence-corrected chi connectivity index (χ2v) is 9.01. The van der Waals surface area contributed by atoms with Crippen LogP contribution in [-0.2, 0) is 11.2 Å². The smallest absolute Gasteiger partial charge is 0.241 e. The van der Waals surface area contributed by atoms with Gasteiger partial charge in [-0.05, 0) is 56.5 Å². The third-order valence-electron chi connectivity index (χ3n) is 6.02. The Labute approximate surface area is 169 Å². The Morgan fingerprint density at radius 2 is 1.96 bits per heavy atom. The fourth-order valence-corrected chi connectivity index (χ4v) is 5.83. The largest absolute Gasteiger partial charge is 0.308 e. The molecule has 28 heavy (non-hydrogen) atoms. The van der Waals surface area contributed by atoms with Gasteiger partial charge in [0, 0.05) is 11.7 Å². The molecule has 144 valence electrons. The summed E-state index contributed by atoms with van der Waals surface area (Å²) < 4.78 is 1.23. The van der Waals surface area contributed by atoms with Crippen molar-refractivity contribution >= 4 is 33.1 Å². The lowest BCUT2D eigenvalue weighted by Gasteiger charge is -2.35. The Morgan fingerprint density at radius 3 is 2.86 bits per heavy atom. The molecule has 2 aliphatic heterocycles. The number of fused-ring (bicyclic) bond motifs is 2. The van der Waals surface area contributed by atoms with E-state index in [0.717, 1.165) is 42.0 Å². The number of hydrogen-bond acceptors (Lipinski definition) is 4. The van der Waals surface area contributed by atoms with E-state index in [9.17, 15) is 4.79 Å². The first-order chi connectivity index (χ1) is 13.7. The number of benzene rings is 2. The molecule has 1 fully saturated rings. The molecule has 0 N–H and O–H groups in total. The number of aromatic nitrogens is 1. The quantitative estimate of drug-likeness (QED) is 0.643. The minimum absolute atomic E-state index is 0.213. The van der Waals surface area contributed by atoms with E-state index in [1.165, 1.54) is 16.7 Å². The van der Waals surface area contributed by atoms with Gasteiger partial charge < -0.3 is 4.90 Å². The number of para-hydroxylation sites is 2. The van der Waals surface area contributed by atoms with E-state index in [2.05, 4.69) is 48.2 Å². The van der Waals surface area contributed by atoms with Crippen LogP contribution in [0.25, 0.3) is 10.2 Å². The van der Waals surface area contributed by atoms with Gasteiger partial charge in [0.2, 0.25) is 5.91 Å². The van der Waals surface area contributed by atoms with Crippen molar-refractivity contribution in [3.05, 3.63) is 59.1 Å². The van der Waals surface area contributed by atoms with E-state index in [0.29, 0.717) is 6.54 Å². The maximum Gasteiger partial charge on any atom is 0.241 e. The molecule has 3 heterocycles. The minimum atomic E-state index is 0.213. The summed E-state index contributed by atoms with van der Waals surface area (Å²) in [5, 5.41) is 1.16. The molecule has 1 aromatic heterocycles. The normalized spacial score (nSPS) is 22.5. The molecule has 4 nitrogen and oxygen atoms in total. The predicted molar refractivity (Wildman–Crippen MR) is 115 cm³/mol. The number of likely N-dealkylation sites (tertiary alicyclic amines) is 1. The highest BCUT2D eigenvalue weighted by Crippen LogP contribution is 2.37. The van der Waals surface area contributed by atoms with Gasteiger partial charge in [0.1, 0.15) is 5.01 Å². The SMILES string of the molecule is CC1Cc2ccccc2N1C(=O)CN1CCCCC1c1nc2ccccc2s1. The van der Waals surface area contributed by atoms with Gasteiger partial charge >= 0.3 is 0 Å². The Kier molecular flexibility index (Phi) is 4.65. The molecule has 5 heteroatoms. The van der Waals surface area contributed by atoms with Crippen molar-refractivity contribution in [3.8, 4) is 0 Å². The minimum Gasteiger partial charge on any atom is -0.308 e. The number of amides is 1. The number of carbonyl (C=O) groups excluding carboxylic acids is 1. The summed E-state index contributed by atoms with van der Waals surface area (Å²) in [6.45, 7) is 3.59. The standard InChI is InChI=1S/C23H25N3OS/c1-16-14-17-8-2-4-10-19(17)26(16)22(27)15-25-13-7-6-11-20(25)23-24-18-9-3-5-12-21(18)28-23/h2-5,8-10,12,16,20H,6-7,11,13-15H2,1H3. The number of nitrogens with zero attached hydrogens (tertiary/aromatic N) is 3. The third-order valence-corrected chi connectivity index (χ3v) is 7.16. The molecule has 3 aromatic rings. The van der Waals surface area contributed by atoms with Gasteiger partial charge in [-0.3, -0.25) is 9.69 Å². The first-order valence-electron chi connectivity index (χ1n) is 10.2. The van der Waals surface area contributed by atoms with Crippen molar-refractivity contribution in [1.82, 2.24) is 9.88 Å². The Balaban J connectivity index is 1.39. The van der Waals surface area contributed by atoms with Crippen molar-refractivity contribution in [2.75, 3.05) is 18.0 Å². The molecule has 5 rings (SSSR count). The Morgan fingerprint density at radius 1 is 1.14 bits per heavy atom. The summed E-state index contributed by atoms with van der Waals surface area (Å²) in [6.07, 6.45) is 4.39. The van der Waals surface area contributed by atoms with E-state index in [-0.39, 0.29) is 18.0 Å². The average Bonchev–Trinajstić information content (AvgIpc) is 3.28. The second kappa shape index (κ2) is 7.30. The van der Waals surface area contributed by atoms with Crippen LogP contribution in [0.5, 0.6) is 0 Å². The van der Waals surface area contributed by atoms with Crippen molar-refractivity contribution in [2.45, 2.75) is 44.7 Å². The lowest BCUT2D eigenvalue weighted by atomic mass is 10.0. The number of thiazole rings is 1. The molecular weight excluding hydrogens is 366 g/mol. The fourth-order valence-electron chi connectivity index (χ4n) is 4.69. The molecule has 2 atom stereocenters. The summed E-state index contributed by atoms with van der Waals surface area (Å²) >= 11 is 1.78. The molecule has 0 spiro atoms. The van der Waals surface area contributed by atoms with Crippen molar-refractivity contribution in [2.24, 2.45) is 0 Å². The third kappa shape index (κ3) is 3.12. The fraction of sp³-hybridized carbons (Fsp3) is 0.391. The van der Waals surface area contributed by atoms with Gasteiger partial charge in [-0.25, -0.2) is 4.98 Å². The number of piperidine rings is 1. The highest BCUT2D eigenvalue weighted by Gasteiger charge is 2.34. The molecular formula is C23H25N3OS. The van der Waals surface area contributed by atoms with Crippen molar-refractivity contribution < 1.29 is 4.79 Å². The van der Waals surface area contributed by atoms with Crippen LogP contribution in [-0.4, -0.2) is 34.9 Å². The van der Waals surface area contributed by atoms with Gasteiger partial charge in [0.05, 0.1) is 22.8 Å². The topological polar surface area (TPSA) is 36.4 Å². The van der Waals surface area contributed by atoms with Crippen LogP contribution in [0.15, 0.2) is 48.5 Å². The summed E-state index contributed by atoms with van der Waals surface area (Å²) in [6, 6.07) is 17.1. The average molecular weight is 392 g/mol. The van der Waals surface area contributed by atoms with Gasteiger partial charge in [0.15, 0.2) is 0 Å². The molecule has 1 amide bonds. The van der Waals surface area contributed by atoms with Gasteiger partial charge in [-0.2, -0.15) is 0 Å². The molecule has 0 bridgehead atoms. The Bertz CT molecular complexity index is 981. The monoisotopic (exact) mass is 391 g/mol. The summed E-state index contributed by atoms with van der Waals surface area (Å²) in [7, 11) is 0. The maximum atomic E-state index is 13.3. The lowest BCUT2D eigenvalue weighted by molar-refractivity contribution is -0.121. The van der Waals surface area contributed by atoms with Crippen molar-refractivity contribution in [1.29, 1.82) is 0 Å². The van der Waals surface area contributed by atoms with E-state index in [1.807, 2.05) is 17.0 Å². The molecule has 0 radical (unpaired) electrons. The lowest BCUT2D eigenvalue weighted by Crippen LogP contribution is -2.45. The van der Waals surface area contributed by atoms with Crippen LogP contribution >= 0.6 is 11.3 Å². The molecule has 2 aromatic carbocycles.